The Morgan fingerprint density at radius 1 is 1.47 bits per heavy atom. The fourth-order valence-corrected chi connectivity index (χ4v) is 2.66. The van der Waals surface area contributed by atoms with E-state index in [1.807, 2.05) is 0 Å². The van der Waals surface area contributed by atoms with Gasteiger partial charge in [-0.1, -0.05) is 22.0 Å². The van der Waals surface area contributed by atoms with E-state index < -0.39 is 16.7 Å². The Balaban J connectivity index is 3.17. The van der Waals surface area contributed by atoms with Gasteiger partial charge in [0.15, 0.2) is 5.78 Å². The van der Waals surface area contributed by atoms with Crippen LogP contribution in [0.3, 0.4) is 0 Å². The minimum Gasteiger partial charge on any atom is -0.298 e. The maximum atomic E-state index is 12.3. The molecule has 0 saturated carbocycles. The molecule has 1 unspecified atom stereocenters. The lowest BCUT2D eigenvalue weighted by atomic mass is 10.1. The van der Waals surface area contributed by atoms with Gasteiger partial charge in [0.1, 0.15) is 5.38 Å². The Morgan fingerprint density at radius 2 is 2.06 bits per heavy atom. The van der Waals surface area contributed by atoms with Crippen LogP contribution in [0.4, 0.5) is 13.2 Å². The highest BCUT2D eigenvalue weighted by atomic mass is 79.9. The van der Waals surface area contributed by atoms with Gasteiger partial charge in [0.25, 0.3) is 0 Å². The van der Waals surface area contributed by atoms with Crippen molar-refractivity contribution in [2.45, 2.75) is 22.7 Å². The molecule has 0 aliphatic carbocycles. The third-order valence-electron chi connectivity index (χ3n) is 1.83. The van der Waals surface area contributed by atoms with Crippen LogP contribution < -0.4 is 0 Å². The lowest BCUT2D eigenvalue weighted by Crippen LogP contribution is -2.06. The molecule has 0 N–H and O–H groups in total. The van der Waals surface area contributed by atoms with E-state index >= 15 is 0 Å². The summed E-state index contributed by atoms with van der Waals surface area (Å²) in [6.07, 6.45) is 0. The van der Waals surface area contributed by atoms with E-state index in [2.05, 4.69) is 15.9 Å². The summed E-state index contributed by atoms with van der Waals surface area (Å²) in [5.74, 6) is -0.391. The Morgan fingerprint density at radius 3 is 2.53 bits per heavy atom. The molecule has 0 aliphatic rings. The first-order chi connectivity index (χ1) is 7.70. The standard InChI is InChI=1S/C10H7BrClF3OS/c1-5(16)9(12)7-3-2-6(11)4-8(7)17-10(13,14)15/h2-4,9H,1H3. The number of ketones is 1. The molecule has 0 spiro atoms. The average molecular weight is 348 g/mol. The van der Waals surface area contributed by atoms with Gasteiger partial charge in [-0.15, -0.1) is 11.6 Å². The Labute approximate surface area is 114 Å². The maximum Gasteiger partial charge on any atom is 0.446 e. The second-order valence-electron chi connectivity index (χ2n) is 3.20. The van der Waals surface area contributed by atoms with E-state index in [1.54, 1.807) is 6.07 Å². The van der Waals surface area contributed by atoms with Crippen molar-refractivity contribution in [2.75, 3.05) is 0 Å². The molecular weight excluding hydrogens is 341 g/mol. The molecule has 1 aromatic carbocycles. The molecule has 1 rings (SSSR count). The smallest absolute Gasteiger partial charge is 0.298 e. The van der Waals surface area contributed by atoms with Crippen molar-refractivity contribution in [3.05, 3.63) is 28.2 Å². The molecule has 0 fully saturated rings. The number of alkyl halides is 4. The van der Waals surface area contributed by atoms with Gasteiger partial charge in [0.05, 0.1) is 0 Å². The summed E-state index contributed by atoms with van der Waals surface area (Å²) in [6.45, 7) is 1.24. The zero-order valence-corrected chi connectivity index (χ0v) is 11.7. The topological polar surface area (TPSA) is 17.1 Å². The van der Waals surface area contributed by atoms with Gasteiger partial charge in [-0.3, -0.25) is 4.79 Å². The number of rotatable bonds is 3. The Bertz CT molecular complexity index is 436. The summed E-state index contributed by atoms with van der Waals surface area (Å²) >= 11 is 8.58. The van der Waals surface area contributed by atoms with Crippen LogP contribution in [0.1, 0.15) is 17.9 Å². The second-order valence-corrected chi connectivity index (χ2v) is 5.66. The van der Waals surface area contributed by atoms with Crippen molar-refractivity contribution in [2.24, 2.45) is 0 Å². The SMILES string of the molecule is CC(=O)C(Cl)c1ccc(Br)cc1SC(F)(F)F. The fourth-order valence-electron chi connectivity index (χ4n) is 1.15. The molecule has 0 radical (unpaired) electrons. The highest BCUT2D eigenvalue weighted by molar-refractivity contribution is 9.10. The van der Waals surface area contributed by atoms with Gasteiger partial charge >= 0.3 is 5.51 Å². The van der Waals surface area contributed by atoms with Crippen LogP contribution in [-0.4, -0.2) is 11.3 Å². The van der Waals surface area contributed by atoms with Crippen molar-refractivity contribution in [1.29, 1.82) is 0 Å². The fraction of sp³-hybridized carbons (Fsp3) is 0.300. The first kappa shape index (κ1) is 14.9. The highest BCUT2D eigenvalue weighted by Crippen LogP contribution is 2.42. The molecule has 0 heterocycles. The van der Waals surface area contributed by atoms with Crippen LogP contribution in [0.5, 0.6) is 0 Å². The van der Waals surface area contributed by atoms with Crippen LogP contribution in [0.25, 0.3) is 0 Å². The van der Waals surface area contributed by atoms with E-state index in [9.17, 15) is 18.0 Å². The van der Waals surface area contributed by atoms with Crippen molar-refractivity contribution in [3.8, 4) is 0 Å². The third kappa shape index (κ3) is 4.52. The predicted molar refractivity (Wildman–Crippen MR) is 65.3 cm³/mol. The molecule has 1 atom stereocenters. The van der Waals surface area contributed by atoms with Crippen molar-refractivity contribution in [1.82, 2.24) is 0 Å². The number of hydrogen-bond donors (Lipinski definition) is 0. The van der Waals surface area contributed by atoms with E-state index in [0.717, 1.165) is 0 Å². The summed E-state index contributed by atoms with van der Waals surface area (Å²) in [4.78, 5) is 11.0. The van der Waals surface area contributed by atoms with Gasteiger partial charge in [-0.05, 0) is 36.4 Å². The molecule has 1 aromatic rings. The Hall–Kier alpha value is -0.200. The first-order valence-electron chi connectivity index (χ1n) is 4.40. The van der Waals surface area contributed by atoms with E-state index in [-0.39, 0.29) is 22.2 Å². The van der Waals surface area contributed by atoms with Gasteiger partial charge < -0.3 is 0 Å². The first-order valence-corrected chi connectivity index (χ1v) is 6.45. The maximum absolute atomic E-state index is 12.3. The normalized spacial score (nSPS) is 13.5. The molecule has 7 heteroatoms. The quantitative estimate of drug-likeness (QED) is 0.569. The minimum atomic E-state index is -4.41. The predicted octanol–water partition coefficient (Wildman–Crippen LogP) is 4.93. The van der Waals surface area contributed by atoms with E-state index in [4.69, 9.17) is 11.6 Å². The second kappa shape index (κ2) is 5.63. The number of hydrogen-bond acceptors (Lipinski definition) is 2. The summed E-state index contributed by atoms with van der Waals surface area (Å²) in [5.41, 5.74) is -4.24. The summed E-state index contributed by atoms with van der Waals surface area (Å²) in [7, 11) is 0. The molecule has 0 aromatic heterocycles. The zero-order chi connectivity index (χ0) is 13.2. The third-order valence-corrected chi connectivity index (χ3v) is 3.67. The molecule has 1 nitrogen and oxygen atoms in total. The molecule has 0 bridgehead atoms. The lowest BCUT2D eigenvalue weighted by Gasteiger charge is -2.14. The number of halogens is 5. The Kier molecular flexibility index (Phi) is 4.92. The molecule has 0 aliphatic heterocycles. The van der Waals surface area contributed by atoms with Crippen LogP contribution >= 0.6 is 39.3 Å². The van der Waals surface area contributed by atoms with Crippen molar-refractivity contribution >= 4 is 45.1 Å². The van der Waals surface area contributed by atoms with Crippen LogP contribution in [0.2, 0.25) is 0 Å². The number of carbonyl (C=O) groups is 1. The highest BCUT2D eigenvalue weighted by Gasteiger charge is 2.32. The number of benzene rings is 1. The van der Waals surface area contributed by atoms with Crippen LogP contribution in [0, 0.1) is 0 Å². The molecule has 0 amide bonds. The van der Waals surface area contributed by atoms with Crippen molar-refractivity contribution in [3.63, 3.8) is 0 Å². The van der Waals surface area contributed by atoms with Crippen molar-refractivity contribution < 1.29 is 18.0 Å². The molecule has 17 heavy (non-hydrogen) atoms. The number of Topliss-reactive ketones (excluding diaryl/α,β-unsaturated/α-hetero) is 1. The zero-order valence-electron chi connectivity index (χ0n) is 8.52. The number of thioether (sulfide) groups is 1. The van der Waals surface area contributed by atoms with Crippen LogP contribution in [0.15, 0.2) is 27.6 Å². The largest absolute Gasteiger partial charge is 0.446 e. The number of carbonyl (C=O) groups excluding carboxylic acids is 1. The summed E-state index contributed by atoms with van der Waals surface area (Å²) in [6, 6.07) is 4.26. The van der Waals surface area contributed by atoms with Gasteiger partial charge in [-0.25, -0.2) is 0 Å². The molecule has 94 valence electrons. The lowest BCUT2D eigenvalue weighted by molar-refractivity contribution is -0.116. The van der Waals surface area contributed by atoms with Gasteiger partial charge in [-0.2, -0.15) is 13.2 Å². The minimum absolute atomic E-state index is 0.0675. The summed E-state index contributed by atoms with van der Waals surface area (Å²) < 4.78 is 37.5. The average Bonchev–Trinajstić information content (AvgIpc) is 2.14. The van der Waals surface area contributed by atoms with Gasteiger partial charge in [0.2, 0.25) is 0 Å². The monoisotopic (exact) mass is 346 g/mol. The summed E-state index contributed by atoms with van der Waals surface area (Å²) in [5, 5.41) is -1.06. The van der Waals surface area contributed by atoms with E-state index in [1.165, 1.54) is 19.1 Å². The van der Waals surface area contributed by atoms with Crippen LogP contribution in [-0.2, 0) is 4.79 Å². The van der Waals surface area contributed by atoms with Gasteiger partial charge in [0, 0.05) is 9.37 Å². The molecule has 0 saturated heterocycles. The molecular formula is C10H7BrClF3OS. The van der Waals surface area contributed by atoms with E-state index in [0.29, 0.717) is 4.47 Å².